The molecule has 0 spiro atoms. The number of aromatic nitrogens is 1. The van der Waals surface area contributed by atoms with E-state index >= 15 is 0 Å². The monoisotopic (exact) mass is 180 g/mol. The highest BCUT2D eigenvalue weighted by Crippen LogP contribution is 2.22. The van der Waals surface area contributed by atoms with Crippen LogP contribution >= 0.6 is 0 Å². The quantitative estimate of drug-likeness (QED) is 0.695. The standard InChI is InChI=1S/C10H14NO2/c1-3-8-13-9-6-5-7-11-10(9)12-4-2/h5,7H,3-4,8H2,1-2H3. The van der Waals surface area contributed by atoms with Crippen LogP contribution in [-0.2, 0) is 0 Å². The van der Waals surface area contributed by atoms with Gasteiger partial charge in [-0.1, -0.05) is 6.92 Å². The van der Waals surface area contributed by atoms with Crippen LogP contribution in [0.5, 0.6) is 11.6 Å². The number of ether oxygens (including phenoxy) is 2. The molecule has 1 rings (SSSR count). The van der Waals surface area contributed by atoms with Gasteiger partial charge in [-0.2, -0.15) is 0 Å². The van der Waals surface area contributed by atoms with Gasteiger partial charge in [-0.3, -0.25) is 0 Å². The maximum absolute atomic E-state index is 5.40. The molecule has 1 heterocycles. The highest BCUT2D eigenvalue weighted by atomic mass is 16.5. The number of nitrogens with zero attached hydrogens (tertiary/aromatic N) is 1. The maximum atomic E-state index is 5.40. The summed E-state index contributed by atoms with van der Waals surface area (Å²) in [5, 5.41) is 0. The third-order valence-corrected chi connectivity index (χ3v) is 1.41. The molecule has 0 N–H and O–H groups in total. The van der Waals surface area contributed by atoms with Crippen LogP contribution in [0.2, 0.25) is 0 Å². The van der Waals surface area contributed by atoms with E-state index in [1.807, 2.05) is 6.92 Å². The first-order chi connectivity index (χ1) is 6.38. The average Bonchev–Trinajstić information content (AvgIpc) is 2.17. The molecule has 0 fully saturated rings. The Balaban J connectivity index is 2.66. The molecule has 1 aromatic rings. The van der Waals surface area contributed by atoms with Gasteiger partial charge in [0.05, 0.1) is 13.2 Å². The number of hydrogen-bond acceptors (Lipinski definition) is 3. The summed E-state index contributed by atoms with van der Waals surface area (Å²) in [6.45, 7) is 5.23. The van der Waals surface area contributed by atoms with Gasteiger partial charge in [0, 0.05) is 12.3 Å². The lowest BCUT2D eigenvalue weighted by atomic mass is 10.4. The average molecular weight is 180 g/mol. The topological polar surface area (TPSA) is 31.4 Å². The second-order valence-corrected chi connectivity index (χ2v) is 2.50. The summed E-state index contributed by atoms with van der Waals surface area (Å²) in [7, 11) is 0. The smallest absolute Gasteiger partial charge is 0.257 e. The third kappa shape index (κ3) is 2.93. The normalized spacial score (nSPS) is 9.69. The number of rotatable bonds is 5. The van der Waals surface area contributed by atoms with Crippen LogP contribution < -0.4 is 9.47 Å². The molecule has 3 nitrogen and oxygen atoms in total. The van der Waals surface area contributed by atoms with Crippen LogP contribution in [0.3, 0.4) is 0 Å². The van der Waals surface area contributed by atoms with Crippen LogP contribution in [0, 0.1) is 6.07 Å². The Morgan fingerprint density at radius 3 is 2.92 bits per heavy atom. The van der Waals surface area contributed by atoms with E-state index in [0.29, 0.717) is 24.8 Å². The van der Waals surface area contributed by atoms with Crippen molar-refractivity contribution < 1.29 is 9.47 Å². The van der Waals surface area contributed by atoms with Crippen molar-refractivity contribution in [1.82, 2.24) is 4.98 Å². The molecule has 3 heteroatoms. The van der Waals surface area contributed by atoms with Gasteiger partial charge < -0.3 is 9.47 Å². The zero-order valence-electron chi connectivity index (χ0n) is 8.04. The minimum atomic E-state index is 0.526. The van der Waals surface area contributed by atoms with Crippen molar-refractivity contribution in [3.63, 3.8) is 0 Å². The van der Waals surface area contributed by atoms with Crippen molar-refractivity contribution in [2.75, 3.05) is 13.2 Å². The molecule has 0 bridgehead atoms. The molecular formula is C10H14NO2. The Hall–Kier alpha value is -1.25. The van der Waals surface area contributed by atoms with Crippen LogP contribution in [-0.4, -0.2) is 18.2 Å². The van der Waals surface area contributed by atoms with Crippen molar-refractivity contribution >= 4 is 0 Å². The molecule has 0 aliphatic rings. The fourth-order valence-electron chi connectivity index (χ4n) is 0.885. The summed E-state index contributed by atoms with van der Waals surface area (Å²) in [6, 6.07) is 4.66. The van der Waals surface area contributed by atoms with Gasteiger partial charge in [0.15, 0.2) is 5.75 Å². The second-order valence-electron chi connectivity index (χ2n) is 2.50. The summed E-state index contributed by atoms with van der Waals surface area (Å²) in [4.78, 5) is 4.04. The fourth-order valence-corrected chi connectivity index (χ4v) is 0.885. The summed E-state index contributed by atoms with van der Waals surface area (Å²) < 4.78 is 10.7. The predicted molar refractivity (Wildman–Crippen MR) is 50.0 cm³/mol. The Bertz CT molecular complexity index is 250. The van der Waals surface area contributed by atoms with Gasteiger partial charge in [0.2, 0.25) is 0 Å². The summed E-state index contributed by atoms with van der Waals surface area (Å²) >= 11 is 0. The molecule has 0 amide bonds. The second kappa shape index (κ2) is 5.41. The van der Waals surface area contributed by atoms with Crippen molar-refractivity contribution in [1.29, 1.82) is 0 Å². The van der Waals surface area contributed by atoms with E-state index in [1.165, 1.54) is 0 Å². The number of pyridine rings is 1. The highest BCUT2D eigenvalue weighted by Gasteiger charge is 2.03. The molecular weight excluding hydrogens is 166 g/mol. The highest BCUT2D eigenvalue weighted by molar-refractivity contribution is 5.31. The maximum Gasteiger partial charge on any atom is 0.257 e. The first kappa shape index (κ1) is 9.84. The van der Waals surface area contributed by atoms with Crippen molar-refractivity contribution in [2.45, 2.75) is 20.3 Å². The molecule has 71 valence electrons. The Morgan fingerprint density at radius 1 is 1.38 bits per heavy atom. The molecule has 0 aromatic carbocycles. The first-order valence-electron chi connectivity index (χ1n) is 4.50. The summed E-state index contributed by atoms with van der Waals surface area (Å²) in [6.07, 6.45) is 2.61. The number of hydrogen-bond donors (Lipinski definition) is 0. The van der Waals surface area contributed by atoms with E-state index in [0.717, 1.165) is 6.42 Å². The lowest BCUT2D eigenvalue weighted by Gasteiger charge is -2.08. The van der Waals surface area contributed by atoms with Gasteiger partial charge >= 0.3 is 0 Å². The van der Waals surface area contributed by atoms with Crippen LogP contribution in [0.1, 0.15) is 20.3 Å². The third-order valence-electron chi connectivity index (χ3n) is 1.41. The lowest BCUT2D eigenvalue weighted by Crippen LogP contribution is -2.01. The van der Waals surface area contributed by atoms with E-state index in [-0.39, 0.29) is 0 Å². The molecule has 0 unspecified atom stereocenters. The Labute approximate surface area is 78.7 Å². The van der Waals surface area contributed by atoms with E-state index in [1.54, 1.807) is 12.3 Å². The van der Waals surface area contributed by atoms with Crippen molar-refractivity contribution in [3.8, 4) is 11.6 Å². The van der Waals surface area contributed by atoms with Crippen LogP contribution in [0.25, 0.3) is 0 Å². The Kier molecular flexibility index (Phi) is 4.09. The van der Waals surface area contributed by atoms with E-state index < -0.39 is 0 Å². The van der Waals surface area contributed by atoms with Gasteiger partial charge in [-0.25, -0.2) is 4.98 Å². The SMILES string of the molecule is CCCOc1[c]ccnc1OCC. The zero-order chi connectivity index (χ0) is 9.52. The minimum absolute atomic E-state index is 0.526. The fraction of sp³-hybridized carbons (Fsp3) is 0.500. The molecule has 0 saturated heterocycles. The lowest BCUT2D eigenvalue weighted by molar-refractivity contribution is 0.268. The van der Waals surface area contributed by atoms with Gasteiger partial charge in [-0.05, 0) is 19.4 Å². The molecule has 1 radical (unpaired) electrons. The summed E-state index contributed by atoms with van der Waals surface area (Å²) in [5.41, 5.74) is 0. The van der Waals surface area contributed by atoms with Crippen molar-refractivity contribution in [3.05, 3.63) is 18.3 Å². The molecule has 1 aromatic heterocycles. The van der Waals surface area contributed by atoms with E-state index in [2.05, 4.69) is 18.0 Å². The van der Waals surface area contributed by atoms with Crippen LogP contribution in [0.15, 0.2) is 12.3 Å². The van der Waals surface area contributed by atoms with E-state index in [9.17, 15) is 0 Å². The van der Waals surface area contributed by atoms with Gasteiger partial charge in [-0.15, -0.1) is 0 Å². The first-order valence-corrected chi connectivity index (χ1v) is 4.50. The molecule has 0 saturated carbocycles. The van der Waals surface area contributed by atoms with Crippen LogP contribution in [0.4, 0.5) is 0 Å². The van der Waals surface area contributed by atoms with Crippen molar-refractivity contribution in [2.24, 2.45) is 0 Å². The Morgan fingerprint density at radius 2 is 2.23 bits per heavy atom. The summed E-state index contributed by atoms with van der Waals surface area (Å²) in [5.74, 6) is 1.13. The van der Waals surface area contributed by atoms with Gasteiger partial charge in [0.25, 0.3) is 5.88 Å². The molecule has 0 aliphatic carbocycles. The minimum Gasteiger partial charge on any atom is -0.487 e. The largest absolute Gasteiger partial charge is 0.487 e. The molecule has 13 heavy (non-hydrogen) atoms. The molecule has 0 aliphatic heterocycles. The van der Waals surface area contributed by atoms with Gasteiger partial charge in [0.1, 0.15) is 0 Å². The zero-order valence-corrected chi connectivity index (χ0v) is 8.04. The predicted octanol–water partition coefficient (Wildman–Crippen LogP) is 2.07. The van der Waals surface area contributed by atoms with E-state index in [4.69, 9.17) is 9.47 Å². The molecule has 0 atom stereocenters.